The minimum atomic E-state index is -1.17. The van der Waals surface area contributed by atoms with Gasteiger partial charge in [-0.3, -0.25) is 19.1 Å². The number of aliphatic hydroxyl groups excluding tert-OH is 1. The Bertz CT molecular complexity index is 974. The van der Waals surface area contributed by atoms with Gasteiger partial charge in [0.1, 0.15) is 0 Å². The number of hydrogen-bond acceptors (Lipinski definition) is 6. The number of aromatic amines is 1. The van der Waals surface area contributed by atoms with Crippen LogP contribution in [0.1, 0.15) is 26.2 Å². The quantitative estimate of drug-likeness (QED) is 0.659. The lowest BCUT2D eigenvalue weighted by atomic mass is 9.73. The lowest BCUT2D eigenvalue weighted by Crippen LogP contribution is -2.55. The molecule has 1 fully saturated rings. The van der Waals surface area contributed by atoms with Crippen molar-refractivity contribution in [2.24, 2.45) is 19.5 Å². The number of fused-ring (bicyclic) bond motifs is 1. The van der Waals surface area contributed by atoms with Gasteiger partial charge in [0.15, 0.2) is 11.2 Å². The topological polar surface area (TPSA) is 133 Å². The summed E-state index contributed by atoms with van der Waals surface area (Å²) in [6, 6.07) is 0. The minimum Gasteiger partial charge on any atom is -0.481 e. The lowest BCUT2D eigenvalue weighted by Gasteiger charge is -2.43. The second kappa shape index (κ2) is 6.27. The summed E-state index contributed by atoms with van der Waals surface area (Å²) in [4.78, 5) is 44.1. The summed E-state index contributed by atoms with van der Waals surface area (Å²) < 4.78 is 2.81. The zero-order valence-corrected chi connectivity index (χ0v) is 15.0. The smallest absolute Gasteiger partial charge is 0.329 e. The number of H-pyrrole nitrogens is 1. The van der Waals surface area contributed by atoms with E-state index in [1.54, 1.807) is 16.5 Å². The van der Waals surface area contributed by atoms with Gasteiger partial charge in [0.2, 0.25) is 5.95 Å². The Kier molecular flexibility index (Phi) is 4.39. The standard InChI is InChI=1S/C16H23N5O5/c1-4-5-16(13(24)25)6-7-21(8-9(16)22)14-17-11-10(19(14)2)12(23)18-15(26)20(11)3/h9,22H,4-8H2,1-3H3,(H,24,25)(H,18,23,26)/t9-,16-/m0/s1. The Morgan fingerprint density at radius 1 is 1.35 bits per heavy atom. The van der Waals surface area contributed by atoms with E-state index >= 15 is 0 Å². The van der Waals surface area contributed by atoms with Gasteiger partial charge in [-0.2, -0.15) is 4.98 Å². The summed E-state index contributed by atoms with van der Waals surface area (Å²) in [5.74, 6) is -0.573. The maximum atomic E-state index is 12.1. The van der Waals surface area contributed by atoms with Gasteiger partial charge in [0.25, 0.3) is 5.56 Å². The number of β-amino-alcohol motifs (C(OH)–C–C–N with tert-alkyl or cyclic N) is 1. The number of rotatable bonds is 4. The molecule has 3 rings (SSSR count). The summed E-state index contributed by atoms with van der Waals surface area (Å²) in [5.41, 5.74) is -1.76. The van der Waals surface area contributed by atoms with Gasteiger partial charge >= 0.3 is 11.7 Å². The summed E-state index contributed by atoms with van der Waals surface area (Å²) in [7, 11) is 3.17. The number of nitrogens with one attached hydrogen (secondary N) is 1. The summed E-state index contributed by atoms with van der Waals surface area (Å²) in [6.07, 6.45) is 0.271. The average molecular weight is 365 g/mol. The van der Waals surface area contributed by atoms with Crippen molar-refractivity contribution in [1.29, 1.82) is 0 Å². The monoisotopic (exact) mass is 365 g/mol. The van der Waals surface area contributed by atoms with Gasteiger partial charge in [-0.05, 0) is 12.8 Å². The molecule has 3 heterocycles. The molecular formula is C16H23N5O5. The normalized spacial score (nSPS) is 23.5. The molecule has 2 atom stereocenters. The first-order valence-corrected chi connectivity index (χ1v) is 8.55. The molecule has 1 aliphatic heterocycles. The Balaban J connectivity index is 2.02. The molecule has 0 saturated carbocycles. The fourth-order valence-corrected chi connectivity index (χ4v) is 3.83. The highest BCUT2D eigenvalue weighted by Crippen LogP contribution is 2.38. The second-order valence-corrected chi connectivity index (χ2v) is 6.88. The van der Waals surface area contributed by atoms with Gasteiger partial charge in [0.05, 0.1) is 11.5 Å². The largest absolute Gasteiger partial charge is 0.481 e. The Morgan fingerprint density at radius 2 is 2.04 bits per heavy atom. The van der Waals surface area contributed by atoms with Crippen molar-refractivity contribution in [2.45, 2.75) is 32.3 Å². The molecular weight excluding hydrogens is 342 g/mol. The number of piperidine rings is 1. The number of aryl methyl sites for hydroxylation is 2. The number of aliphatic hydroxyl groups is 1. The molecule has 0 radical (unpaired) electrons. The highest BCUT2D eigenvalue weighted by molar-refractivity contribution is 5.77. The Hall–Kier alpha value is -2.62. The van der Waals surface area contributed by atoms with Crippen molar-refractivity contribution in [3.05, 3.63) is 20.8 Å². The van der Waals surface area contributed by atoms with Crippen LogP contribution in [0.2, 0.25) is 0 Å². The minimum absolute atomic E-state index is 0.0926. The van der Waals surface area contributed by atoms with Gasteiger partial charge in [-0.15, -0.1) is 0 Å². The first-order valence-electron chi connectivity index (χ1n) is 8.55. The van der Waals surface area contributed by atoms with Crippen LogP contribution in [0.15, 0.2) is 9.59 Å². The van der Waals surface area contributed by atoms with Crippen LogP contribution in [0.25, 0.3) is 11.2 Å². The SMILES string of the molecule is CCC[C@]1(C(=O)O)CCN(c2nc3c(c(=O)[nH]c(=O)n3C)n2C)C[C@@H]1O. The Labute approximate surface area is 148 Å². The third-order valence-corrected chi connectivity index (χ3v) is 5.37. The van der Waals surface area contributed by atoms with Crippen LogP contribution < -0.4 is 16.1 Å². The summed E-state index contributed by atoms with van der Waals surface area (Å²) in [6.45, 7) is 2.36. The molecule has 10 nitrogen and oxygen atoms in total. The number of nitrogens with zero attached hydrogens (tertiary/aromatic N) is 4. The number of aliphatic carboxylic acids is 1. The van der Waals surface area contributed by atoms with E-state index in [9.17, 15) is 24.6 Å². The second-order valence-electron chi connectivity index (χ2n) is 6.88. The molecule has 0 spiro atoms. The van der Waals surface area contributed by atoms with E-state index in [0.717, 1.165) is 0 Å². The van der Waals surface area contributed by atoms with Crippen LogP contribution in [0.5, 0.6) is 0 Å². The molecule has 2 aromatic heterocycles. The zero-order valence-electron chi connectivity index (χ0n) is 15.0. The molecule has 10 heteroatoms. The van der Waals surface area contributed by atoms with Gasteiger partial charge in [-0.1, -0.05) is 13.3 Å². The first-order chi connectivity index (χ1) is 12.2. The number of anilines is 1. The highest BCUT2D eigenvalue weighted by Gasteiger charge is 2.48. The summed E-state index contributed by atoms with van der Waals surface area (Å²) in [5, 5.41) is 20.2. The molecule has 1 aliphatic rings. The predicted octanol–water partition coefficient (Wildman–Crippen LogP) is -0.598. The average Bonchev–Trinajstić information content (AvgIpc) is 2.92. The number of carboxylic acid groups (broad SMARTS) is 1. The number of aromatic nitrogens is 4. The van der Waals surface area contributed by atoms with Gasteiger partial charge < -0.3 is 19.7 Å². The maximum absolute atomic E-state index is 12.1. The zero-order chi connectivity index (χ0) is 19.2. The molecule has 1 saturated heterocycles. The number of imidazole rings is 1. The molecule has 0 unspecified atom stereocenters. The van der Waals surface area contributed by atoms with Crippen LogP contribution in [-0.2, 0) is 18.9 Å². The molecule has 0 bridgehead atoms. The van der Waals surface area contributed by atoms with Crippen molar-refractivity contribution in [3.8, 4) is 0 Å². The van der Waals surface area contributed by atoms with Gasteiger partial charge in [0, 0.05) is 27.2 Å². The molecule has 3 N–H and O–H groups in total. The number of carbonyl (C=O) groups is 1. The van der Waals surface area contributed by atoms with E-state index in [2.05, 4.69) is 9.97 Å². The van der Waals surface area contributed by atoms with Crippen molar-refractivity contribution >= 4 is 23.1 Å². The summed E-state index contributed by atoms with van der Waals surface area (Å²) >= 11 is 0. The van der Waals surface area contributed by atoms with Crippen LogP contribution >= 0.6 is 0 Å². The maximum Gasteiger partial charge on any atom is 0.329 e. The third-order valence-electron chi connectivity index (χ3n) is 5.37. The molecule has 26 heavy (non-hydrogen) atoms. The van der Waals surface area contributed by atoms with Crippen LogP contribution in [-0.4, -0.2) is 54.5 Å². The van der Waals surface area contributed by atoms with Crippen molar-refractivity contribution in [3.63, 3.8) is 0 Å². The third kappa shape index (κ3) is 2.52. The van der Waals surface area contributed by atoms with Crippen molar-refractivity contribution in [1.82, 2.24) is 19.1 Å². The molecule has 0 aliphatic carbocycles. The highest BCUT2D eigenvalue weighted by atomic mass is 16.4. The van der Waals surface area contributed by atoms with E-state index in [4.69, 9.17) is 0 Å². The van der Waals surface area contributed by atoms with Crippen LogP contribution in [0.4, 0.5) is 5.95 Å². The lowest BCUT2D eigenvalue weighted by molar-refractivity contribution is -0.159. The van der Waals surface area contributed by atoms with E-state index < -0.39 is 28.7 Å². The molecule has 142 valence electrons. The van der Waals surface area contributed by atoms with Crippen molar-refractivity contribution in [2.75, 3.05) is 18.0 Å². The van der Waals surface area contributed by atoms with Crippen molar-refractivity contribution < 1.29 is 15.0 Å². The van der Waals surface area contributed by atoms with Gasteiger partial charge in [-0.25, -0.2) is 4.79 Å². The predicted molar refractivity (Wildman–Crippen MR) is 94.4 cm³/mol. The molecule has 2 aromatic rings. The van der Waals surface area contributed by atoms with Crippen LogP contribution in [0.3, 0.4) is 0 Å². The number of carboxylic acids is 1. The number of hydrogen-bond donors (Lipinski definition) is 3. The fourth-order valence-electron chi connectivity index (χ4n) is 3.83. The Morgan fingerprint density at radius 3 is 2.62 bits per heavy atom. The molecule has 0 amide bonds. The molecule has 0 aromatic carbocycles. The van der Waals surface area contributed by atoms with E-state index in [-0.39, 0.29) is 24.1 Å². The van der Waals surface area contributed by atoms with E-state index in [0.29, 0.717) is 25.3 Å². The first kappa shape index (κ1) is 18.2. The van der Waals surface area contributed by atoms with Crippen LogP contribution in [0, 0.1) is 5.41 Å². The van der Waals surface area contributed by atoms with E-state index in [1.165, 1.54) is 11.6 Å². The fraction of sp³-hybridized carbons (Fsp3) is 0.625. The van der Waals surface area contributed by atoms with E-state index in [1.807, 2.05) is 6.92 Å².